The predicted octanol–water partition coefficient (Wildman–Crippen LogP) is 3.34. The summed E-state index contributed by atoms with van der Waals surface area (Å²) in [6.45, 7) is 8.96. The Labute approximate surface area is 167 Å². The number of piperidine rings is 1. The number of ether oxygens (including phenoxy) is 1. The molecule has 1 aromatic heterocycles. The van der Waals surface area contributed by atoms with Gasteiger partial charge in [-0.2, -0.15) is 0 Å². The highest BCUT2D eigenvalue weighted by Gasteiger charge is 2.33. The summed E-state index contributed by atoms with van der Waals surface area (Å²) in [6, 6.07) is 10.9. The Hall–Kier alpha value is -2.34. The van der Waals surface area contributed by atoms with Gasteiger partial charge in [-0.3, -0.25) is 0 Å². The molecule has 2 atom stereocenters. The third-order valence-electron chi connectivity index (χ3n) is 5.06. The summed E-state index contributed by atoms with van der Waals surface area (Å²) in [5.41, 5.74) is 0.839. The molecular formula is C22H32N4O2. The van der Waals surface area contributed by atoms with Crippen molar-refractivity contribution in [2.75, 3.05) is 19.6 Å². The van der Waals surface area contributed by atoms with E-state index < -0.39 is 5.60 Å². The molecule has 1 N–H and O–H groups in total. The highest BCUT2D eigenvalue weighted by Crippen LogP contribution is 2.23. The van der Waals surface area contributed by atoms with Crippen molar-refractivity contribution in [1.82, 2.24) is 19.8 Å². The van der Waals surface area contributed by atoms with Crippen molar-refractivity contribution < 1.29 is 9.53 Å². The van der Waals surface area contributed by atoms with Gasteiger partial charge in [0.05, 0.1) is 6.33 Å². The van der Waals surface area contributed by atoms with Crippen LogP contribution in [0.1, 0.15) is 32.8 Å². The summed E-state index contributed by atoms with van der Waals surface area (Å²) in [5.74, 6) is 0.353. The van der Waals surface area contributed by atoms with Gasteiger partial charge in [-0.25, -0.2) is 9.78 Å². The second-order valence-electron chi connectivity index (χ2n) is 8.53. The number of imidazole rings is 1. The summed E-state index contributed by atoms with van der Waals surface area (Å²) in [5, 5.41) is 3.71. The molecule has 0 radical (unpaired) electrons. The number of nitrogens with zero attached hydrogens (tertiary/aromatic N) is 3. The first kappa shape index (κ1) is 20.4. The van der Waals surface area contributed by atoms with E-state index in [1.165, 1.54) is 5.56 Å². The fraction of sp³-hybridized carbons (Fsp3) is 0.545. The molecule has 152 valence electrons. The van der Waals surface area contributed by atoms with E-state index in [9.17, 15) is 4.79 Å². The lowest BCUT2D eigenvalue weighted by Crippen LogP contribution is -2.53. The molecule has 6 nitrogen and oxygen atoms in total. The lowest BCUT2D eigenvalue weighted by Gasteiger charge is -2.39. The van der Waals surface area contributed by atoms with E-state index in [4.69, 9.17) is 4.74 Å². The zero-order chi connectivity index (χ0) is 20.0. The van der Waals surface area contributed by atoms with Crippen molar-refractivity contribution in [3.05, 3.63) is 54.6 Å². The van der Waals surface area contributed by atoms with Gasteiger partial charge in [0.2, 0.25) is 0 Å². The maximum absolute atomic E-state index is 12.6. The Kier molecular flexibility index (Phi) is 6.73. The van der Waals surface area contributed by atoms with E-state index in [1.807, 2.05) is 44.3 Å². The molecule has 2 aromatic rings. The second-order valence-corrected chi connectivity index (χ2v) is 8.53. The van der Waals surface area contributed by atoms with Crippen molar-refractivity contribution in [3.63, 3.8) is 0 Å². The Morgan fingerprint density at radius 1 is 1.29 bits per heavy atom. The number of nitrogens with one attached hydrogen (secondary N) is 1. The van der Waals surface area contributed by atoms with Crippen molar-refractivity contribution in [3.8, 4) is 0 Å². The summed E-state index contributed by atoms with van der Waals surface area (Å²) in [7, 11) is 0. The van der Waals surface area contributed by atoms with Crippen LogP contribution >= 0.6 is 0 Å². The average Bonchev–Trinajstić information content (AvgIpc) is 3.16. The van der Waals surface area contributed by atoms with E-state index in [1.54, 1.807) is 6.20 Å². The van der Waals surface area contributed by atoms with Gasteiger partial charge in [0, 0.05) is 44.6 Å². The van der Waals surface area contributed by atoms with Gasteiger partial charge in [-0.15, -0.1) is 0 Å². The summed E-state index contributed by atoms with van der Waals surface area (Å²) < 4.78 is 7.68. The van der Waals surface area contributed by atoms with Crippen LogP contribution in [0.3, 0.4) is 0 Å². The standard InChI is InChI=1S/C22H32N4O2/c1-22(2,3)28-21(27)26-12-9-20(24-11-14-25-13-10-23-17-25)19(16-26)15-18-7-5-4-6-8-18/h4-8,10,13,17,19-20,24H,9,11-12,14-16H2,1-3H3. The number of rotatable bonds is 6. The largest absolute Gasteiger partial charge is 0.444 e. The molecule has 2 heterocycles. The number of amides is 1. The fourth-order valence-corrected chi connectivity index (χ4v) is 3.71. The Balaban J connectivity index is 1.62. The van der Waals surface area contributed by atoms with Gasteiger partial charge < -0.3 is 19.5 Å². The number of hydrogen-bond donors (Lipinski definition) is 1. The SMILES string of the molecule is CC(C)(C)OC(=O)N1CCC(NCCn2ccnc2)C(Cc2ccccc2)C1. The molecule has 3 rings (SSSR count). The first-order valence-corrected chi connectivity index (χ1v) is 10.1. The lowest BCUT2D eigenvalue weighted by molar-refractivity contribution is 0.0132. The first-order chi connectivity index (χ1) is 13.4. The molecule has 0 bridgehead atoms. The Morgan fingerprint density at radius 2 is 2.07 bits per heavy atom. The molecule has 0 spiro atoms. The van der Waals surface area contributed by atoms with E-state index in [0.717, 1.165) is 32.5 Å². The molecule has 0 saturated carbocycles. The van der Waals surface area contributed by atoms with Gasteiger partial charge >= 0.3 is 6.09 Å². The van der Waals surface area contributed by atoms with E-state index in [2.05, 4.69) is 39.1 Å². The molecule has 1 aliphatic heterocycles. The van der Waals surface area contributed by atoms with Crippen LogP contribution in [0.15, 0.2) is 49.1 Å². The third kappa shape index (κ3) is 6.09. The maximum Gasteiger partial charge on any atom is 0.410 e. The van der Waals surface area contributed by atoms with Crippen molar-refractivity contribution in [2.24, 2.45) is 5.92 Å². The number of carbonyl (C=O) groups excluding carboxylic acids is 1. The maximum atomic E-state index is 12.6. The van der Waals surface area contributed by atoms with Gasteiger partial charge in [0.15, 0.2) is 0 Å². The fourth-order valence-electron chi connectivity index (χ4n) is 3.71. The molecule has 6 heteroatoms. The molecule has 1 saturated heterocycles. The van der Waals surface area contributed by atoms with Crippen LogP contribution in [-0.4, -0.2) is 51.8 Å². The molecule has 1 fully saturated rings. The average molecular weight is 385 g/mol. The normalized spacial score (nSPS) is 20.2. The number of benzene rings is 1. The number of likely N-dealkylation sites (tertiary alicyclic amines) is 1. The smallest absolute Gasteiger partial charge is 0.410 e. The number of hydrogen-bond acceptors (Lipinski definition) is 4. The summed E-state index contributed by atoms with van der Waals surface area (Å²) >= 11 is 0. The molecular weight excluding hydrogens is 352 g/mol. The molecule has 1 aromatic carbocycles. The summed E-state index contributed by atoms with van der Waals surface area (Å²) in [4.78, 5) is 18.5. The predicted molar refractivity (Wildman–Crippen MR) is 110 cm³/mol. The van der Waals surface area contributed by atoms with Crippen molar-refractivity contribution in [1.29, 1.82) is 0 Å². The second kappa shape index (κ2) is 9.24. The van der Waals surface area contributed by atoms with Gasteiger partial charge in [-0.1, -0.05) is 30.3 Å². The zero-order valence-corrected chi connectivity index (χ0v) is 17.2. The highest BCUT2D eigenvalue weighted by molar-refractivity contribution is 5.68. The van der Waals surface area contributed by atoms with E-state index in [0.29, 0.717) is 18.5 Å². The van der Waals surface area contributed by atoms with Crippen molar-refractivity contribution in [2.45, 2.75) is 51.8 Å². The Bertz CT molecular complexity index is 725. The molecule has 1 aliphatic rings. The molecule has 1 amide bonds. The summed E-state index contributed by atoms with van der Waals surface area (Å²) in [6.07, 6.45) is 7.30. The molecule has 28 heavy (non-hydrogen) atoms. The van der Waals surface area contributed by atoms with E-state index >= 15 is 0 Å². The van der Waals surface area contributed by atoms with Crippen LogP contribution in [0.2, 0.25) is 0 Å². The van der Waals surface area contributed by atoms with Gasteiger partial charge in [-0.05, 0) is 45.1 Å². The van der Waals surface area contributed by atoms with Crippen LogP contribution < -0.4 is 5.32 Å². The van der Waals surface area contributed by atoms with Crippen LogP contribution in [0, 0.1) is 5.92 Å². The van der Waals surface area contributed by atoms with E-state index in [-0.39, 0.29) is 6.09 Å². The minimum Gasteiger partial charge on any atom is -0.444 e. The lowest BCUT2D eigenvalue weighted by atomic mass is 9.86. The topological polar surface area (TPSA) is 59.4 Å². The minimum absolute atomic E-state index is 0.206. The van der Waals surface area contributed by atoms with Crippen LogP contribution in [0.4, 0.5) is 4.79 Å². The quantitative estimate of drug-likeness (QED) is 0.830. The van der Waals surface area contributed by atoms with Gasteiger partial charge in [0.25, 0.3) is 0 Å². The van der Waals surface area contributed by atoms with Crippen LogP contribution in [0.5, 0.6) is 0 Å². The van der Waals surface area contributed by atoms with Crippen molar-refractivity contribution >= 4 is 6.09 Å². The number of aromatic nitrogens is 2. The molecule has 2 unspecified atom stereocenters. The Morgan fingerprint density at radius 3 is 2.75 bits per heavy atom. The van der Waals surface area contributed by atoms with Crippen LogP contribution in [0.25, 0.3) is 0 Å². The molecule has 0 aliphatic carbocycles. The highest BCUT2D eigenvalue weighted by atomic mass is 16.6. The third-order valence-corrected chi connectivity index (χ3v) is 5.06. The number of carbonyl (C=O) groups is 1. The first-order valence-electron chi connectivity index (χ1n) is 10.1. The van der Waals surface area contributed by atoms with Crippen LogP contribution in [-0.2, 0) is 17.7 Å². The zero-order valence-electron chi connectivity index (χ0n) is 17.2. The monoisotopic (exact) mass is 384 g/mol. The van der Waals surface area contributed by atoms with Gasteiger partial charge in [0.1, 0.15) is 5.60 Å². The minimum atomic E-state index is -0.466.